The number of nitrogens with zero attached hydrogens (tertiary/aromatic N) is 1. The molecule has 30 heavy (non-hydrogen) atoms. The van der Waals surface area contributed by atoms with E-state index < -0.39 is 11.9 Å². The van der Waals surface area contributed by atoms with Crippen molar-refractivity contribution >= 4 is 22.7 Å². The second-order valence-corrected chi connectivity index (χ2v) is 8.09. The van der Waals surface area contributed by atoms with Crippen LogP contribution in [0.1, 0.15) is 54.6 Å². The summed E-state index contributed by atoms with van der Waals surface area (Å²) in [4.78, 5) is 11.8. The van der Waals surface area contributed by atoms with Crippen LogP contribution in [0.4, 0.5) is 0 Å². The number of carboxylic acids is 1. The van der Waals surface area contributed by atoms with Gasteiger partial charge in [0.15, 0.2) is 0 Å². The zero-order valence-electron chi connectivity index (χ0n) is 17.0. The molecule has 4 rings (SSSR count). The van der Waals surface area contributed by atoms with Crippen LogP contribution in [0.15, 0.2) is 58.1 Å². The summed E-state index contributed by atoms with van der Waals surface area (Å²) < 4.78 is 5.97. The summed E-state index contributed by atoms with van der Waals surface area (Å²) >= 11 is 0. The largest absolute Gasteiger partial charge is 0.481 e. The van der Waals surface area contributed by atoms with Gasteiger partial charge in [0.25, 0.3) is 0 Å². The van der Waals surface area contributed by atoms with Crippen LogP contribution in [0.2, 0.25) is 0 Å². The van der Waals surface area contributed by atoms with E-state index in [-0.39, 0.29) is 6.42 Å². The number of carboxylic acid groups (broad SMARTS) is 1. The molecular formula is C25H27NO4. The summed E-state index contributed by atoms with van der Waals surface area (Å²) in [5, 5.41) is 23.8. The van der Waals surface area contributed by atoms with Crippen LogP contribution in [0.3, 0.4) is 0 Å². The Morgan fingerprint density at radius 2 is 1.93 bits per heavy atom. The fourth-order valence-electron chi connectivity index (χ4n) is 4.41. The number of unbranched alkanes of at least 4 members (excludes halogenated alkanes) is 1. The van der Waals surface area contributed by atoms with Crippen LogP contribution in [-0.2, 0) is 24.1 Å². The lowest BCUT2D eigenvalue weighted by Gasteiger charge is -2.13. The molecule has 0 unspecified atom stereocenters. The Morgan fingerprint density at radius 3 is 2.70 bits per heavy atom. The molecule has 0 spiro atoms. The van der Waals surface area contributed by atoms with Crippen molar-refractivity contribution in [1.29, 1.82) is 0 Å². The van der Waals surface area contributed by atoms with Gasteiger partial charge >= 0.3 is 5.97 Å². The van der Waals surface area contributed by atoms with Crippen molar-refractivity contribution in [2.24, 2.45) is 11.1 Å². The third-order valence-corrected chi connectivity index (χ3v) is 6.06. The Balaban J connectivity index is 1.40. The first kappa shape index (κ1) is 20.2. The molecule has 5 heteroatoms. The lowest BCUT2D eigenvalue weighted by molar-refractivity contribution is -0.141. The van der Waals surface area contributed by atoms with E-state index in [0.29, 0.717) is 17.7 Å². The van der Waals surface area contributed by atoms with E-state index in [0.717, 1.165) is 55.3 Å². The predicted molar refractivity (Wildman–Crippen MR) is 116 cm³/mol. The van der Waals surface area contributed by atoms with Gasteiger partial charge in [-0.25, -0.2) is 0 Å². The van der Waals surface area contributed by atoms with Crippen molar-refractivity contribution in [2.75, 3.05) is 0 Å². The SMILES string of the molecule is O=C(O)[C@@H](CCCCc1ccccc1)CC(=NO)c1ccc2c3c(oc2c1)CCC3. The van der Waals surface area contributed by atoms with Gasteiger partial charge in [-0.05, 0) is 43.7 Å². The maximum absolute atomic E-state index is 11.8. The Hall–Kier alpha value is -3.08. The number of aryl methyl sites for hydroxylation is 3. The first-order valence-corrected chi connectivity index (χ1v) is 10.7. The molecule has 0 saturated heterocycles. The first-order valence-electron chi connectivity index (χ1n) is 10.7. The normalized spacial score (nSPS) is 14.7. The van der Waals surface area contributed by atoms with E-state index in [1.165, 1.54) is 11.1 Å². The topological polar surface area (TPSA) is 83.0 Å². The molecule has 1 aromatic heterocycles. The number of oxime groups is 1. The van der Waals surface area contributed by atoms with Crippen molar-refractivity contribution in [2.45, 2.75) is 51.4 Å². The molecule has 1 aliphatic carbocycles. The third-order valence-electron chi connectivity index (χ3n) is 6.06. The average molecular weight is 405 g/mol. The molecule has 0 amide bonds. The molecule has 2 N–H and O–H groups in total. The minimum atomic E-state index is -0.853. The number of benzene rings is 2. The lowest BCUT2D eigenvalue weighted by Crippen LogP contribution is -2.19. The Morgan fingerprint density at radius 1 is 1.10 bits per heavy atom. The molecule has 5 nitrogen and oxygen atoms in total. The standard InChI is InChI=1S/C25H27NO4/c27-25(28)19(10-5-4-9-17-7-2-1-3-8-17)15-22(26-29)18-13-14-21-20-11-6-12-23(20)30-24(21)16-18/h1-3,7-8,13-14,16,19,29H,4-6,9-12,15H2,(H,27,28)/t19-/m0/s1. The second-order valence-electron chi connectivity index (χ2n) is 8.09. The molecule has 1 aliphatic rings. The van der Waals surface area contributed by atoms with Crippen LogP contribution < -0.4 is 0 Å². The Bertz CT molecular complexity index is 1050. The molecule has 0 bridgehead atoms. The number of fused-ring (bicyclic) bond motifs is 3. The zero-order chi connectivity index (χ0) is 20.9. The van der Waals surface area contributed by atoms with Crippen LogP contribution in [-0.4, -0.2) is 22.0 Å². The van der Waals surface area contributed by atoms with E-state index >= 15 is 0 Å². The second kappa shape index (κ2) is 9.16. The maximum Gasteiger partial charge on any atom is 0.306 e. The number of rotatable bonds is 9. The molecule has 2 aromatic carbocycles. The van der Waals surface area contributed by atoms with Crippen molar-refractivity contribution < 1.29 is 19.5 Å². The molecule has 0 fully saturated rings. The number of furan rings is 1. The van der Waals surface area contributed by atoms with Gasteiger partial charge in [-0.15, -0.1) is 0 Å². The predicted octanol–water partition coefficient (Wildman–Crippen LogP) is 5.60. The molecule has 0 saturated carbocycles. The van der Waals surface area contributed by atoms with E-state index in [1.807, 2.05) is 36.4 Å². The highest BCUT2D eigenvalue weighted by atomic mass is 16.4. The zero-order valence-corrected chi connectivity index (χ0v) is 17.0. The van der Waals surface area contributed by atoms with E-state index in [2.05, 4.69) is 17.3 Å². The monoisotopic (exact) mass is 405 g/mol. The number of hydrogen-bond donors (Lipinski definition) is 2. The van der Waals surface area contributed by atoms with Crippen molar-refractivity contribution in [3.8, 4) is 0 Å². The fourth-order valence-corrected chi connectivity index (χ4v) is 4.41. The van der Waals surface area contributed by atoms with Gasteiger partial charge in [0, 0.05) is 29.4 Å². The molecule has 0 aliphatic heterocycles. The van der Waals surface area contributed by atoms with Gasteiger partial charge in [-0.1, -0.05) is 54.0 Å². The quantitative estimate of drug-likeness (QED) is 0.210. The van der Waals surface area contributed by atoms with Crippen molar-refractivity contribution in [1.82, 2.24) is 0 Å². The van der Waals surface area contributed by atoms with Crippen LogP contribution >= 0.6 is 0 Å². The van der Waals surface area contributed by atoms with Gasteiger partial charge in [0.05, 0.1) is 11.6 Å². The van der Waals surface area contributed by atoms with Gasteiger partial charge < -0.3 is 14.7 Å². The Kier molecular flexibility index (Phi) is 6.17. The highest BCUT2D eigenvalue weighted by Crippen LogP contribution is 2.33. The van der Waals surface area contributed by atoms with E-state index in [9.17, 15) is 15.1 Å². The molecule has 3 aromatic rings. The highest BCUT2D eigenvalue weighted by Gasteiger charge is 2.23. The highest BCUT2D eigenvalue weighted by molar-refractivity contribution is 6.04. The summed E-state index contributed by atoms with van der Waals surface area (Å²) in [6, 6.07) is 16.0. The molecule has 1 heterocycles. The minimum absolute atomic E-state index is 0.198. The maximum atomic E-state index is 11.8. The lowest BCUT2D eigenvalue weighted by atomic mass is 9.92. The molecule has 1 atom stereocenters. The fraction of sp³-hybridized carbons (Fsp3) is 0.360. The van der Waals surface area contributed by atoms with Crippen LogP contribution in [0, 0.1) is 5.92 Å². The summed E-state index contributed by atoms with van der Waals surface area (Å²) in [7, 11) is 0. The number of carbonyl (C=O) groups is 1. The van der Waals surface area contributed by atoms with Gasteiger partial charge in [0.2, 0.25) is 0 Å². The molecule has 0 radical (unpaired) electrons. The average Bonchev–Trinajstić information content (AvgIpc) is 3.34. The smallest absolute Gasteiger partial charge is 0.306 e. The Labute approximate surface area is 176 Å². The minimum Gasteiger partial charge on any atom is -0.481 e. The van der Waals surface area contributed by atoms with Crippen molar-refractivity contribution in [3.63, 3.8) is 0 Å². The summed E-state index contributed by atoms with van der Waals surface area (Å²) in [6.45, 7) is 0. The van der Waals surface area contributed by atoms with Gasteiger partial charge in [-0.3, -0.25) is 4.79 Å². The first-order chi connectivity index (χ1) is 14.7. The van der Waals surface area contributed by atoms with E-state index in [1.54, 1.807) is 0 Å². The molecular weight excluding hydrogens is 378 g/mol. The van der Waals surface area contributed by atoms with Gasteiger partial charge in [0.1, 0.15) is 11.3 Å². The third kappa shape index (κ3) is 4.40. The molecule has 156 valence electrons. The van der Waals surface area contributed by atoms with Crippen LogP contribution in [0.5, 0.6) is 0 Å². The number of aliphatic carboxylic acids is 1. The van der Waals surface area contributed by atoms with Gasteiger partial charge in [-0.2, -0.15) is 0 Å². The summed E-state index contributed by atoms with van der Waals surface area (Å²) in [5.74, 6) is -0.385. The van der Waals surface area contributed by atoms with Crippen LogP contribution in [0.25, 0.3) is 11.0 Å². The number of hydrogen-bond acceptors (Lipinski definition) is 4. The summed E-state index contributed by atoms with van der Waals surface area (Å²) in [5.41, 5.74) is 4.44. The summed E-state index contributed by atoms with van der Waals surface area (Å²) in [6.07, 6.45) is 6.56. The van der Waals surface area contributed by atoms with Crippen molar-refractivity contribution in [3.05, 3.63) is 71.0 Å². The van der Waals surface area contributed by atoms with E-state index in [4.69, 9.17) is 4.42 Å².